The molecule has 94 valence electrons. The van der Waals surface area contributed by atoms with Gasteiger partial charge in [0, 0.05) is 18.5 Å². The van der Waals surface area contributed by atoms with Gasteiger partial charge in [-0.1, -0.05) is 43.7 Å². The summed E-state index contributed by atoms with van der Waals surface area (Å²) in [6.45, 7) is 3.43. The molecule has 1 aromatic rings. The van der Waals surface area contributed by atoms with E-state index in [4.69, 9.17) is 0 Å². The highest BCUT2D eigenvalue weighted by molar-refractivity contribution is 5.19. The highest BCUT2D eigenvalue weighted by atomic mass is 16.3. The minimum atomic E-state index is 0.220. The summed E-state index contributed by atoms with van der Waals surface area (Å²) in [7, 11) is 0. The Hall–Kier alpha value is -0.860. The van der Waals surface area contributed by atoms with Crippen LogP contribution < -0.4 is 5.32 Å². The molecule has 1 fully saturated rings. The number of benzene rings is 1. The molecule has 0 radical (unpaired) electrons. The van der Waals surface area contributed by atoms with E-state index < -0.39 is 0 Å². The zero-order chi connectivity index (χ0) is 12.1. The average molecular weight is 233 g/mol. The topological polar surface area (TPSA) is 32.3 Å². The van der Waals surface area contributed by atoms with Crippen LogP contribution >= 0.6 is 0 Å². The van der Waals surface area contributed by atoms with Crippen LogP contribution in [0.25, 0.3) is 0 Å². The SMILES string of the molecule is CC1CCCC1NCC(CO)c1ccccc1. The molecule has 0 saturated heterocycles. The molecule has 3 atom stereocenters. The van der Waals surface area contributed by atoms with E-state index in [1.807, 2.05) is 18.2 Å². The van der Waals surface area contributed by atoms with E-state index in [0.717, 1.165) is 12.5 Å². The van der Waals surface area contributed by atoms with Gasteiger partial charge in [-0.3, -0.25) is 0 Å². The summed E-state index contributed by atoms with van der Waals surface area (Å²) in [6.07, 6.45) is 3.97. The standard InChI is InChI=1S/C15H23NO/c1-12-6-5-9-15(12)16-10-14(11-17)13-7-3-2-4-8-13/h2-4,7-8,12,14-17H,5-6,9-11H2,1H3. The summed E-state index contributed by atoms with van der Waals surface area (Å²) in [5.41, 5.74) is 1.23. The first-order chi connectivity index (χ1) is 8.31. The fourth-order valence-corrected chi connectivity index (χ4v) is 2.76. The van der Waals surface area contributed by atoms with Crippen LogP contribution in [0.4, 0.5) is 0 Å². The van der Waals surface area contributed by atoms with E-state index in [2.05, 4.69) is 24.4 Å². The maximum atomic E-state index is 9.48. The zero-order valence-electron chi connectivity index (χ0n) is 10.6. The molecule has 2 heteroatoms. The quantitative estimate of drug-likeness (QED) is 0.819. The van der Waals surface area contributed by atoms with Crippen LogP contribution in [0, 0.1) is 5.92 Å². The van der Waals surface area contributed by atoms with Gasteiger partial charge in [0.15, 0.2) is 0 Å². The van der Waals surface area contributed by atoms with Gasteiger partial charge in [0.25, 0.3) is 0 Å². The van der Waals surface area contributed by atoms with Crippen molar-refractivity contribution >= 4 is 0 Å². The van der Waals surface area contributed by atoms with Gasteiger partial charge in [-0.15, -0.1) is 0 Å². The molecule has 0 spiro atoms. The second-order valence-electron chi connectivity index (χ2n) is 5.21. The van der Waals surface area contributed by atoms with Crippen molar-refractivity contribution in [3.05, 3.63) is 35.9 Å². The lowest BCUT2D eigenvalue weighted by Gasteiger charge is -2.21. The van der Waals surface area contributed by atoms with E-state index in [1.165, 1.54) is 24.8 Å². The lowest BCUT2D eigenvalue weighted by Crippen LogP contribution is -2.35. The molecular formula is C15H23NO. The molecule has 1 aliphatic rings. The Labute approximate surface area is 104 Å². The first kappa shape index (κ1) is 12.6. The van der Waals surface area contributed by atoms with Gasteiger partial charge in [-0.25, -0.2) is 0 Å². The largest absolute Gasteiger partial charge is 0.396 e. The Bertz CT molecular complexity index is 325. The van der Waals surface area contributed by atoms with Crippen molar-refractivity contribution < 1.29 is 5.11 Å². The Kier molecular flexibility index (Phi) is 4.57. The summed E-state index contributed by atoms with van der Waals surface area (Å²) < 4.78 is 0. The minimum absolute atomic E-state index is 0.220. The fourth-order valence-electron chi connectivity index (χ4n) is 2.76. The van der Waals surface area contributed by atoms with Gasteiger partial charge in [0.2, 0.25) is 0 Å². The van der Waals surface area contributed by atoms with Crippen LogP contribution in [0.5, 0.6) is 0 Å². The lowest BCUT2D eigenvalue weighted by molar-refractivity contribution is 0.255. The van der Waals surface area contributed by atoms with Crippen LogP contribution in [0.15, 0.2) is 30.3 Å². The van der Waals surface area contributed by atoms with Crippen LogP contribution in [0.1, 0.15) is 37.7 Å². The summed E-state index contributed by atoms with van der Waals surface area (Å²) in [5, 5.41) is 13.1. The molecule has 0 aromatic heterocycles. The maximum absolute atomic E-state index is 9.48. The Balaban J connectivity index is 1.88. The van der Waals surface area contributed by atoms with Crippen LogP contribution in [0.3, 0.4) is 0 Å². The van der Waals surface area contributed by atoms with Crippen molar-refractivity contribution in [1.82, 2.24) is 5.32 Å². The smallest absolute Gasteiger partial charge is 0.0511 e. The molecule has 1 aromatic carbocycles. The normalized spacial score (nSPS) is 26.0. The van der Waals surface area contributed by atoms with Crippen molar-refractivity contribution in [1.29, 1.82) is 0 Å². The zero-order valence-corrected chi connectivity index (χ0v) is 10.6. The molecule has 1 aliphatic carbocycles. The molecule has 0 bridgehead atoms. The summed E-state index contributed by atoms with van der Waals surface area (Å²) >= 11 is 0. The Morgan fingerprint density at radius 3 is 2.65 bits per heavy atom. The third-order valence-electron chi connectivity index (χ3n) is 3.98. The number of hydrogen-bond acceptors (Lipinski definition) is 2. The van der Waals surface area contributed by atoms with Crippen molar-refractivity contribution in [2.75, 3.05) is 13.2 Å². The van der Waals surface area contributed by atoms with Crippen molar-refractivity contribution in [2.45, 2.75) is 38.1 Å². The van der Waals surface area contributed by atoms with Gasteiger partial charge < -0.3 is 10.4 Å². The van der Waals surface area contributed by atoms with Crippen molar-refractivity contribution in [2.24, 2.45) is 5.92 Å². The minimum Gasteiger partial charge on any atom is -0.396 e. The second-order valence-corrected chi connectivity index (χ2v) is 5.21. The predicted octanol–water partition coefficient (Wildman–Crippen LogP) is 2.54. The van der Waals surface area contributed by atoms with Gasteiger partial charge in [0.1, 0.15) is 0 Å². The van der Waals surface area contributed by atoms with E-state index in [1.54, 1.807) is 0 Å². The number of aliphatic hydroxyl groups is 1. The highest BCUT2D eigenvalue weighted by Gasteiger charge is 2.23. The number of aliphatic hydroxyl groups excluding tert-OH is 1. The highest BCUT2D eigenvalue weighted by Crippen LogP contribution is 2.25. The lowest BCUT2D eigenvalue weighted by atomic mass is 9.98. The first-order valence-corrected chi connectivity index (χ1v) is 6.70. The molecule has 2 N–H and O–H groups in total. The third-order valence-corrected chi connectivity index (χ3v) is 3.98. The van der Waals surface area contributed by atoms with E-state index in [0.29, 0.717) is 6.04 Å². The summed E-state index contributed by atoms with van der Waals surface area (Å²) in [6, 6.07) is 10.9. The van der Waals surface area contributed by atoms with Crippen LogP contribution in [-0.2, 0) is 0 Å². The summed E-state index contributed by atoms with van der Waals surface area (Å²) in [5.74, 6) is 1.01. The van der Waals surface area contributed by atoms with Crippen LogP contribution in [-0.4, -0.2) is 24.3 Å². The average Bonchev–Trinajstić information content (AvgIpc) is 2.77. The van der Waals surface area contributed by atoms with Crippen LogP contribution in [0.2, 0.25) is 0 Å². The molecular weight excluding hydrogens is 210 g/mol. The molecule has 0 heterocycles. The van der Waals surface area contributed by atoms with E-state index in [-0.39, 0.29) is 12.5 Å². The fraction of sp³-hybridized carbons (Fsp3) is 0.600. The molecule has 0 amide bonds. The van der Waals surface area contributed by atoms with E-state index in [9.17, 15) is 5.11 Å². The first-order valence-electron chi connectivity index (χ1n) is 6.70. The molecule has 0 aliphatic heterocycles. The predicted molar refractivity (Wildman–Crippen MR) is 71.1 cm³/mol. The van der Waals surface area contributed by atoms with Crippen molar-refractivity contribution in [3.63, 3.8) is 0 Å². The van der Waals surface area contributed by atoms with Gasteiger partial charge in [-0.05, 0) is 24.3 Å². The molecule has 2 nitrogen and oxygen atoms in total. The van der Waals surface area contributed by atoms with E-state index >= 15 is 0 Å². The number of nitrogens with one attached hydrogen (secondary N) is 1. The second kappa shape index (κ2) is 6.18. The molecule has 3 unspecified atom stereocenters. The summed E-state index contributed by atoms with van der Waals surface area (Å²) in [4.78, 5) is 0. The monoisotopic (exact) mass is 233 g/mol. The molecule has 2 rings (SSSR count). The van der Waals surface area contributed by atoms with Gasteiger partial charge in [0.05, 0.1) is 6.61 Å². The van der Waals surface area contributed by atoms with Crippen molar-refractivity contribution in [3.8, 4) is 0 Å². The number of rotatable bonds is 5. The van der Waals surface area contributed by atoms with Gasteiger partial charge in [-0.2, -0.15) is 0 Å². The Morgan fingerprint density at radius 1 is 1.29 bits per heavy atom. The van der Waals surface area contributed by atoms with Gasteiger partial charge >= 0.3 is 0 Å². The number of hydrogen-bond donors (Lipinski definition) is 2. The third kappa shape index (κ3) is 3.30. The molecule has 17 heavy (non-hydrogen) atoms. The maximum Gasteiger partial charge on any atom is 0.0511 e. The molecule has 1 saturated carbocycles. The Morgan fingerprint density at radius 2 is 2.06 bits per heavy atom.